The Hall–Kier alpha value is -1.83. The van der Waals surface area contributed by atoms with Gasteiger partial charge >= 0.3 is 0 Å². The molecule has 2 rings (SSSR count). The molecule has 0 bridgehead atoms. The van der Waals surface area contributed by atoms with Gasteiger partial charge in [-0.2, -0.15) is 0 Å². The van der Waals surface area contributed by atoms with E-state index in [4.69, 9.17) is 0 Å². The Kier molecular flexibility index (Phi) is 3.66. The number of nitrogens with zero attached hydrogens (tertiary/aromatic N) is 2. The van der Waals surface area contributed by atoms with Gasteiger partial charge in [-0.15, -0.1) is 0 Å². The summed E-state index contributed by atoms with van der Waals surface area (Å²) in [5.41, 5.74) is 4.67. The molecule has 0 unspecified atom stereocenters. The smallest absolute Gasteiger partial charge is 0.0659 e. The highest BCUT2D eigenvalue weighted by Crippen LogP contribution is 2.19. The number of benzene rings is 1. The van der Waals surface area contributed by atoms with Crippen LogP contribution in [-0.2, 0) is 0 Å². The van der Waals surface area contributed by atoms with E-state index in [1.807, 2.05) is 6.21 Å². The van der Waals surface area contributed by atoms with Crippen molar-refractivity contribution < 1.29 is 0 Å². The summed E-state index contributed by atoms with van der Waals surface area (Å²) in [5, 5.41) is 0. The van der Waals surface area contributed by atoms with Crippen LogP contribution in [0.5, 0.6) is 0 Å². The summed E-state index contributed by atoms with van der Waals surface area (Å²) in [6.45, 7) is 8.54. The van der Waals surface area contributed by atoms with Crippen molar-refractivity contribution in [2.75, 3.05) is 0 Å². The van der Waals surface area contributed by atoms with Crippen LogP contribution in [0.2, 0.25) is 0 Å². The second-order valence-corrected chi connectivity index (χ2v) is 5.03. The van der Waals surface area contributed by atoms with Crippen LogP contribution in [-0.4, -0.2) is 10.8 Å². The lowest BCUT2D eigenvalue weighted by Gasteiger charge is -2.04. The van der Waals surface area contributed by atoms with Crippen molar-refractivity contribution in [3.05, 3.63) is 53.3 Å². The first-order valence-corrected chi connectivity index (χ1v) is 6.35. The average Bonchev–Trinajstić information content (AvgIpc) is 2.76. The molecule has 1 aromatic carbocycles. The molecule has 94 valence electrons. The van der Waals surface area contributed by atoms with Crippen LogP contribution >= 0.6 is 0 Å². The lowest BCUT2D eigenvalue weighted by atomic mass is 10.1. The van der Waals surface area contributed by atoms with Gasteiger partial charge < -0.3 is 4.57 Å². The molecular weight excluding hydrogens is 220 g/mol. The second kappa shape index (κ2) is 5.21. The van der Waals surface area contributed by atoms with Gasteiger partial charge in [0, 0.05) is 30.2 Å². The van der Waals surface area contributed by atoms with Gasteiger partial charge in [0.2, 0.25) is 0 Å². The van der Waals surface area contributed by atoms with E-state index in [9.17, 15) is 0 Å². The molecule has 0 aliphatic heterocycles. The van der Waals surface area contributed by atoms with Gasteiger partial charge in [0.1, 0.15) is 0 Å². The molecule has 1 aromatic heterocycles. The molecule has 2 nitrogen and oxygen atoms in total. The van der Waals surface area contributed by atoms with E-state index in [2.05, 4.69) is 73.9 Å². The van der Waals surface area contributed by atoms with Gasteiger partial charge in [0.15, 0.2) is 0 Å². The van der Waals surface area contributed by atoms with Crippen molar-refractivity contribution in [1.82, 2.24) is 4.57 Å². The molecule has 18 heavy (non-hydrogen) atoms. The summed E-state index contributed by atoms with van der Waals surface area (Å²) >= 11 is 0. The molecule has 0 amide bonds. The normalized spacial score (nSPS) is 11.6. The zero-order valence-corrected chi connectivity index (χ0v) is 11.5. The van der Waals surface area contributed by atoms with Gasteiger partial charge in [0.25, 0.3) is 0 Å². The summed E-state index contributed by atoms with van der Waals surface area (Å²) in [6.07, 6.45) is 6.14. The quantitative estimate of drug-likeness (QED) is 0.706. The SMILES string of the molecule is Cc1ccc(N=Cc2ccn(C(C)C)c2)c(C)c1. The first-order chi connectivity index (χ1) is 8.56. The summed E-state index contributed by atoms with van der Waals surface area (Å²) in [5.74, 6) is 0. The number of hydrogen-bond acceptors (Lipinski definition) is 1. The molecule has 0 saturated heterocycles. The molecule has 0 aliphatic rings. The topological polar surface area (TPSA) is 17.3 Å². The molecule has 0 aliphatic carbocycles. The molecule has 0 spiro atoms. The van der Waals surface area contributed by atoms with Crippen LogP contribution < -0.4 is 0 Å². The zero-order chi connectivity index (χ0) is 13.1. The molecule has 0 radical (unpaired) electrons. The first-order valence-electron chi connectivity index (χ1n) is 6.35. The lowest BCUT2D eigenvalue weighted by Crippen LogP contribution is -1.95. The van der Waals surface area contributed by atoms with Gasteiger partial charge in [-0.1, -0.05) is 17.7 Å². The average molecular weight is 240 g/mol. The molecule has 0 fully saturated rings. The van der Waals surface area contributed by atoms with Crippen LogP contribution in [0.1, 0.15) is 36.6 Å². The van der Waals surface area contributed by atoms with Crippen molar-refractivity contribution in [2.24, 2.45) is 4.99 Å². The molecule has 1 heterocycles. The van der Waals surface area contributed by atoms with Crippen LogP contribution in [0, 0.1) is 13.8 Å². The Bertz CT molecular complexity index is 562. The first kappa shape index (κ1) is 12.6. The van der Waals surface area contributed by atoms with Crippen molar-refractivity contribution in [1.29, 1.82) is 0 Å². The maximum atomic E-state index is 4.55. The van der Waals surface area contributed by atoms with Crippen molar-refractivity contribution in [2.45, 2.75) is 33.7 Å². The van der Waals surface area contributed by atoms with Crippen LogP contribution in [0.25, 0.3) is 0 Å². The summed E-state index contributed by atoms with van der Waals surface area (Å²) in [4.78, 5) is 4.55. The molecule has 2 heteroatoms. The van der Waals surface area contributed by atoms with Crippen molar-refractivity contribution in [3.8, 4) is 0 Å². The second-order valence-electron chi connectivity index (χ2n) is 5.03. The van der Waals surface area contributed by atoms with Crippen LogP contribution in [0.4, 0.5) is 5.69 Å². The fourth-order valence-corrected chi connectivity index (χ4v) is 1.92. The highest BCUT2D eigenvalue weighted by atomic mass is 15.0. The summed E-state index contributed by atoms with van der Waals surface area (Å²) in [6, 6.07) is 8.91. The van der Waals surface area contributed by atoms with Gasteiger partial charge in [-0.05, 0) is 45.4 Å². The van der Waals surface area contributed by atoms with E-state index < -0.39 is 0 Å². The Balaban J connectivity index is 2.19. The monoisotopic (exact) mass is 240 g/mol. The minimum atomic E-state index is 0.494. The van der Waals surface area contributed by atoms with Gasteiger partial charge in [-0.25, -0.2) is 0 Å². The maximum absolute atomic E-state index is 4.55. The fraction of sp³-hybridized carbons (Fsp3) is 0.312. The highest BCUT2D eigenvalue weighted by molar-refractivity contribution is 5.82. The standard InChI is InChI=1S/C16H20N2/c1-12(2)18-8-7-15(11-18)10-17-16-6-5-13(3)9-14(16)4/h5-12H,1-4H3. The third-order valence-corrected chi connectivity index (χ3v) is 3.04. The third kappa shape index (κ3) is 2.89. The predicted molar refractivity (Wildman–Crippen MR) is 78.0 cm³/mol. The number of hydrogen-bond donors (Lipinski definition) is 0. The molecule has 2 aromatic rings. The summed E-state index contributed by atoms with van der Waals surface area (Å²) in [7, 11) is 0. The lowest BCUT2D eigenvalue weighted by molar-refractivity contribution is 0.603. The minimum Gasteiger partial charge on any atom is -0.351 e. The van der Waals surface area contributed by atoms with E-state index in [0.717, 1.165) is 11.3 Å². The third-order valence-electron chi connectivity index (χ3n) is 3.04. The predicted octanol–water partition coefficient (Wildman–Crippen LogP) is 4.44. The Labute approximate surface area is 109 Å². The van der Waals surface area contributed by atoms with Gasteiger partial charge in [-0.3, -0.25) is 4.99 Å². The Morgan fingerprint density at radius 2 is 1.94 bits per heavy atom. The number of aromatic nitrogens is 1. The molecule has 0 N–H and O–H groups in total. The van der Waals surface area contributed by atoms with Crippen LogP contribution in [0.15, 0.2) is 41.7 Å². The fourth-order valence-electron chi connectivity index (χ4n) is 1.92. The highest BCUT2D eigenvalue weighted by Gasteiger charge is 1.99. The van der Waals surface area contributed by atoms with E-state index >= 15 is 0 Å². The van der Waals surface area contributed by atoms with E-state index in [0.29, 0.717) is 6.04 Å². The Morgan fingerprint density at radius 3 is 2.56 bits per heavy atom. The summed E-state index contributed by atoms with van der Waals surface area (Å²) < 4.78 is 2.18. The zero-order valence-electron chi connectivity index (χ0n) is 11.5. The molecule has 0 atom stereocenters. The van der Waals surface area contributed by atoms with Crippen molar-refractivity contribution >= 4 is 11.9 Å². The largest absolute Gasteiger partial charge is 0.351 e. The Morgan fingerprint density at radius 1 is 1.17 bits per heavy atom. The number of aryl methyl sites for hydroxylation is 2. The van der Waals surface area contributed by atoms with Crippen molar-refractivity contribution in [3.63, 3.8) is 0 Å². The minimum absolute atomic E-state index is 0.494. The molecular formula is C16H20N2. The van der Waals surface area contributed by atoms with Gasteiger partial charge in [0.05, 0.1) is 5.69 Å². The van der Waals surface area contributed by atoms with Crippen LogP contribution in [0.3, 0.4) is 0 Å². The number of aliphatic imine (C=N–C) groups is 1. The molecule has 0 saturated carbocycles. The van der Waals surface area contributed by atoms with E-state index in [1.54, 1.807) is 0 Å². The maximum Gasteiger partial charge on any atom is 0.0659 e. The number of rotatable bonds is 3. The van der Waals surface area contributed by atoms with E-state index in [1.165, 1.54) is 11.1 Å². The van der Waals surface area contributed by atoms with E-state index in [-0.39, 0.29) is 0 Å².